The van der Waals surface area contributed by atoms with Crippen molar-refractivity contribution < 1.29 is 4.79 Å². The number of rotatable bonds is 4. The largest absolute Gasteiger partial charge is 0.366 e. The lowest BCUT2D eigenvalue weighted by Gasteiger charge is -2.22. The number of hydrogen-bond donors (Lipinski definition) is 2. The first kappa shape index (κ1) is 13.1. The highest BCUT2D eigenvalue weighted by Crippen LogP contribution is 2.29. The number of primary amides is 1. The van der Waals surface area contributed by atoms with Crippen molar-refractivity contribution in [1.29, 1.82) is 0 Å². The van der Waals surface area contributed by atoms with E-state index in [0.717, 1.165) is 32.6 Å². The van der Waals surface area contributed by atoms with Crippen LogP contribution in [0.3, 0.4) is 0 Å². The molecule has 1 atom stereocenters. The first-order valence-electron chi connectivity index (χ1n) is 6.34. The van der Waals surface area contributed by atoms with E-state index >= 15 is 0 Å². The summed E-state index contributed by atoms with van der Waals surface area (Å²) in [5.74, 6) is -0.376. The van der Waals surface area contributed by atoms with Crippen LogP contribution in [0.5, 0.6) is 0 Å². The first-order chi connectivity index (χ1) is 8.52. The van der Waals surface area contributed by atoms with E-state index in [4.69, 9.17) is 11.5 Å². The van der Waals surface area contributed by atoms with Crippen molar-refractivity contribution in [2.45, 2.75) is 19.9 Å². The third-order valence-electron chi connectivity index (χ3n) is 3.77. The third-order valence-corrected chi connectivity index (χ3v) is 3.77. The summed E-state index contributed by atoms with van der Waals surface area (Å²) in [5, 5.41) is 0. The molecule has 0 radical (unpaired) electrons. The van der Waals surface area contributed by atoms with Gasteiger partial charge in [-0.25, -0.2) is 0 Å². The number of carbonyl (C=O) groups is 1. The van der Waals surface area contributed by atoms with Gasteiger partial charge in [-0.2, -0.15) is 0 Å². The molecule has 1 fully saturated rings. The lowest BCUT2D eigenvalue weighted by Crippen LogP contribution is -2.31. The molecule has 4 N–H and O–H groups in total. The second-order valence-electron chi connectivity index (χ2n) is 5.54. The van der Waals surface area contributed by atoms with Crippen molar-refractivity contribution in [1.82, 2.24) is 4.90 Å². The maximum absolute atomic E-state index is 11.0. The molecule has 1 aliphatic rings. The summed E-state index contributed by atoms with van der Waals surface area (Å²) in [5.41, 5.74) is 13.0. The van der Waals surface area contributed by atoms with Gasteiger partial charge in [0.15, 0.2) is 0 Å². The van der Waals surface area contributed by atoms with Gasteiger partial charge in [0.05, 0.1) is 0 Å². The molecule has 0 spiro atoms. The Balaban J connectivity index is 1.96. The van der Waals surface area contributed by atoms with Crippen molar-refractivity contribution in [3.05, 3.63) is 35.4 Å². The quantitative estimate of drug-likeness (QED) is 0.832. The fraction of sp³-hybridized carbons (Fsp3) is 0.500. The second kappa shape index (κ2) is 5.08. The van der Waals surface area contributed by atoms with Crippen molar-refractivity contribution >= 4 is 5.91 Å². The lowest BCUT2D eigenvalue weighted by molar-refractivity contribution is 0.100. The summed E-state index contributed by atoms with van der Waals surface area (Å²) in [6.45, 7) is 6.02. The molecule has 0 saturated carbocycles. The first-order valence-corrected chi connectivity index (χ1v) is 6.34. The molecule has 1 amide bonds. The summed E-state index contributed by atoms with van der Waals surface area (Å²) in [4.78, 5) is 13.4. The van der Waals surface area contributed by atoms with Crippen LogP contribution >= 0.6 is 0 Å². The molecule has 0 aliphatic carbocycles. The molecule has 1 unspecified atom stereocenters. The van der Waals surface area contributed by atoms with Gasteiger partial charge in [0.1, 0.15) is 0 Å². The van der Waals surface area contributed by atoms with Crippen LogP contribution in [0.4, 0.5) is 0 Å². The lowest BCUT2D eigenvalue weighted by atomic mass is 9.90. The molecular weight excluding hydrogens is 226 g/mol. The van der Waals surface area contributed by atoms with Gasteiger partial charge in [0, 0.05) is 18.7 Å². The second-order valence-corrected chi connectivity index (χ2v) is 5.54. The van der Waals surface area contributed by atoms with Crippen molar-refractivity contribution in [3.8, 4) is 0 Å². The Hall–Kier alpha value is -1.39. The fourth-order valence-corrected chi connectivity index (χ4v) is 2.46. The summed E-state index contributed by atoms with van der Waals surface area (Å²) in [6, 6.07) is 7.52. The normalized spacial score (nSPS) is 24.3. The zero-order chi connectivity index (χ0) is 13.2. The van der Waals surface area contributed by atoms with Crippen LogP contribution in [-0.4, -0.2) is 30.4 Å². The van der Waals surface area contributed by atoms with E-state index in [1.165, 1.54) is 5.56 Å². The fourth-order valence-electron chi connectivity index (χ4n) is 2.46. The van der Waals surface area contributed by atoms with E-state index in [9.17, 15) is 4.79 Å². The molecule has 1 aromatic rings. The zero-order valence-corrected chi connectivity index (χ0v) is 10.9. The van der Waals surface area contributed by atoms with Gasteiger partial charge < -0.3 is 11.5 Å². The van der Waals surface area contributed by atoms with Crippen LogP contribution in [0.1, 0.15) is 29.3 Å². The van der Waals surface area contributed by atoms with E-state index in [2.05, 4.69) is 11.8 Å². The Morgan fingerprint density at radius 2 is 2.06 bits per heavy atom. The number of carbonyl (C=O) groups excluding carboxylic acids is 1. The molecule has 0 aromatic heterocycles. The standard InChI is InChI=1S/C14H21N3O/c1-14(9-15)6-7-17(10-14)8-11-2-4-12(5-3-11)13(16)18/h2-5H,6-10,15H2,1H3,(H2,16,18). The van der Waals surface area contributed by atoms with Gasteiger partial charge in [-0.1, -0.05) is 19.1 Å². The van der Waals surface area contributed by atoms with Crippen LogP contribution in [0, 0.1) is 5.41 Å². The van der Waals surface area contributed by atoms with Gasteiger partial charge in [0.2, 0.25) is 5.91 Å². The molecular formula is C14H21N3O. The monoisotopic (exact) mass is 247 g/mol. The van der Waals surface area contributed by atoms with Gasteiger partial charge in [-0.15, -0.1) is 0 Å². The minimum absolute atomic E-state index is 0.257. The van der Waals surface area contributed by atoms with Crippen LogP contribution in [0.2, 0.25) is 0 Å². The molecule has 1 heterocycles. The van der Waals surface area contributed by atoms with Gasteiger partial charge >= 0.3 is 0 Å². The summed E-state index contributed by atoms with van der Waals surface area (Å²) < 4.78 is 0. The Kier molecular flexibility index (Phi) is 3.68. The van der Waals surface area contributed by atoms with Crippen LogP contribution < -0.4 is 11.5 Å². The van der Waals surface area contributed by atoms with Crippen LogP contribution in [0.25, 0.3) is 0 Å². The molecule has 18 heavy (non-hydrogen) atoms. The number of benzene rings is 1. The predicted molar refractivity (Wildman–Crippen MR) is 72.0 cm³/mol. The average Bonchev–Trinajstić information content (AvgIpc) is 2.72. The van der Waals surface area contributed by atoms with E-state index in [1.54, 1.807) is 12.1 Å². The maximum atomic E-state index is 11.0. The number of nitrogens with two attached hydrogens (primary N) is 2. The molecule has 1 saturated heterocycles. The minimum atomic E-state index is -0.376. The molecule has 1 aliphatic heterocycles. The highest BCUT2D eigenvalue weighted by molar-refractivity contribution is 5.92. The zero-order valence-electron chi connectivity index (χ0n) is 10.9. The smallest absolute Gasteiger partial charge is 0.248 e. The van der Waals surface area contributed by atoms with Crippen molar-refractivity contribution in [2.24, 2.45) is 16.9 Å². The Morgan fingerprint density at radius 3 is 2.56 bits per heavy atom. The summed E-state index contributed by atoms with van der Waals surface area (Å²) in [6.07, 6.45) is 1.16. The number of hydrogen-bond acceptors (Lipinski definition) is 3. The highest BCUT2D eigenvalue weighted by Gasteiger charge is 2.32. The third kappa shape index (κ3) is 2.89. The topological polar surface area (TPSA) is 72.3 Å². The molecule has 2 rings (SSSR count). The molecule has 0 bridgehead atoms. The van der Waals surface area contributed by atoms with Gasteiger partial charge in [-0.05, 0) is 42.6 Å². The molecule has 4 heteroatoms. The molecule has 1 aromatic carbocycles. The van der Waals surface area contributed by atoms with Crippen LogP contribution in [-0.2, 0) is 6.54 Å². The van der Waals surface area contributed by atoms with Gasteiger partial charge in [-0.3, -0.25) is 9.69 Å². The number of amides is 1. The molecule has 98 valence electrons. The molecule has 4 nitrogen and oxygen atoms in total. The Labute approximate surface area is 108 Å². The summed E-state index contributed by atoms with van der Waals surface area (Å²) in [7, 11) is 0. The van der Waals surface area contributed by atoms with E-state index < -0.39 is 0 Å². The average molecular weight is 247 g/mol. The number of nitrogens with zero attached hydrogens (tertiary/aromatic N) is 1. The van der Waals surface area contributed by atoms with Crippen LogP contribution in [0.15, 0.2) is 24.3 Å². The van der Waals surface area contributed by atoms with E-state index in [0.29, 0.717) is 5.56 Å². The highest BCUT2D eigenvalue weighted by atomic mass is 16.1. The predicted octanol–water partition coefficient (Wildman–Crippen LogP) is 0.956. The SMILES string of the molecule is CC1(CN)CCN(Cc2ccc(C(N)=O)cc2)C1. The maximum Gasteiger partial charge on any atom is 0.248 e. The Morgan fingerprint density at radius 1 is 1.39 bits per heavy atom. The number of likely N-dealkylation sites (tertiary alicyclic amines) is 1. The van der Waals surface area contributed by atoms with E-state index in [1.807, 2.05) is 12.1 Å². The van der Waals surface area contributed by atoms with Gasteiger partial charge in [0.25, 0.3) is 0 Å². The minimum Gasteiger partial charge on any atom is -0.366 e. The summed E-state index contributed by atoms with van der Waals surface area (Å²) >= 11 is 0. The van der Waals surface area contributed by atoms with E-state index in [-0.39, 0.29) is 11.3 Å². The van der Waals surface area contributed by atoms with Crippen molar-refractivity contribution in [2.75, 3.05) is 19.6 Å². The Bertz CT molecular complexity index is 429. The van der Waals surface area contributed by atoms with Crippen molar-refractivity contribution in [3.63, 3.8) is 0 Å².